The number of aldehydes is 1. The minimum absolute atomic E-state index is 0.0511. The molecule has 3 heteroatoms. The van der Waals surface area contributed by atoms with Gasteiger partial charge in [0.2, 0.25) is 0 Å². The van der Waals surface area contributed by atoms with E-state index in [0.717, 1.165) is 19.1 Å². The van der Waals surface area contributed by atoms with E-state index < -0.39 is 0 Å². The molecule has 1 heterocycles. The number of para-hydroxylation sites is 1. The maximum atomic E-state index is 10.7. The molecule has 1 unspecified atom stereocenters. The fourth-order valence-corrected chi connectivity index (χ4v) is 2.16. The molecule has 2 aromatic rings. The number of likely N-dealkylation sites (N-methyl/N-ethyl adjacent to an activating group) is 1. The zero-order valence-electron chi connectivity index (χ0n) is 10.3. The summed E-state index contributed by atoms with van der Waals surface area (Å²) in [6.45, 7) is 2.10. The van der Waals surface area contributed by atoms with Gasteiger partial charge in [0, 0.05) is 17.1 Å². The van der Waals surface area contributed by atoms with Gasteiger partial charge in [-0.2, -0.15) is 0 Å². The Morgan fingerprint density at radius 3 is 3.00 bits per heavy atom. The molecular weight excluding hydrogens is 212 g/mol. The number of hydrogen-bond donors (Lipinski definition) is 2. The molecule has 2 N–H and O–H groups in total. The highest BCUT2D eigenvalue weighted by atomic mass is 16.1. The lowest BCUT2D eigenvalue weighted by Gasteiger charge is -2.07. The second-order valence-corrected chi connectivity index (χ2v) is 4.38. The van der Waals surface area contributed by atoms with E-state index >= 15 is 0 Å². The molecule has 90 valence electrons. The van der Waals surface area contributed by atoms with Crippen molar-refractivity contribution in [1.82, 2.24) is 10.3 Å². The van der Waals surface area contributed by atoms with E-state index in [-0.39, 0.29) is 6.04 Å². The van der Waals surface area contributed by atoms with E-state index in [2.05, 4.69) is 41.6 Å². The molecule has 0 aliphatic rings. The molecule has 1 aromatic heterocycles. The summed E-state index contributed by atoms with van der Waals surface area (Å²) in [7, 11) is 1.82. The van der Waals surface area contributed by atoms with E-state index in [4.69, 9.17) is 0 Å². The lowest BCUT2D eigenvalue weighted by atomic mass is 10.0. The molecule has 3 nitrogen and oxygen atoms in total. The van der Waals surface area contributed by atoms with Crippen molar-refractivity contribution in [3.05, 3.63) is 35.5 Å². The molecule has 0 aliphatic carbocycles. The van der Waals surface area contributed by atoms with Gasteiger partial charge in [0.1, 0.15) is 6.29 Å². The first kappa shape index (κ1) is 11.9. The van der Waals surface area contributed by atoms with Gasteiger partial charge >= 0.3 is 0 Å². The summed E-state index contributed by atoms with van der Waals surface area (Å²) >= 11 is 0. The smallest absolute Gasteiger partial charge is 0.136 e. The van der Waals surface area contributed by atoms with Gasteiger partial charge in [-0.05, 0) is 37.9 Å². The monoisotopic (exact) mass is 230 g/mol. The van der Waals surface area contributed by atoms with Crippen LogP contribution >= 0.6 is 0 Å². The van der Waals surface area contributed by atoms with E-state index in [9.17, 15) is 4.79 Å². The standard InChI is InChI=1S/C14H18N2O/c1-10-4-3-5-13-11(8-16-14(10)13)6-7-12(9-17)15-2/h3-5,8-9,12,15-16H,6-7H2,1-2H3. The molecule has 0 saturated heterocycles. The molecule has 0 amide bonds. The SMILES string of the molecule is CNC(C=O)CCc1c[nH]c2c(C)cccc12. The third kappa shape index (κ3) is 2.39. The summed E-state index contributed by atoms with van der Waals surface area (Å²) < 4.78 is 0. The van der Waals surface area contributed by atoms with Gasteiger partial charge in [-0.3, -0.25) is 0 Å². The third-order valence-electron chi connectivity index (χ3n) is 3.27. The third-order valence-corrected chi connectivity index (χ3v) is 3.27. The molecule has 2 rings (SSSR count). The highest BCUT2D eigenvalue weighted by molar-refractivity contribution is 5.85. The van der Waals surface area contributed by atoms with Crippen LogP contribution in [0, 0.1) is 6.92 Å². The molecule has 1 aromatic carbocycles. The van der Waals surface area contributed by atoms with Crippen molar-refractivity contribution >= 4 is 17.2 Å². The van der Waals surface area contributed by atoms with Crippen molar-refractivity contribution in [2.75, 3.05) is 7.05 Å². The fraction of sp³-hybridized carbons (Fsp3) is 0.357. The molecule has 0 fully saturated rings. The Kier molecular flexibility index (Phi) is 3.59. The zero-order chi connectivity index (χ0) is 12.3. The first-order chi connectivity index (χ1) is 8.26. The van der Waals surface area contributed by atoms with E-state index in [0.29, 0.717) is 0 Å². The molecule has 0 bridgehead atoms. The Hall–Kier alpha value is -1.61. The summed E-state index contributed by atoms with van der Waals surface area (Å²) in [5, 5.41) is 4.26. The van der Waals surface area contributed by atoms with Crippen molar-refractivity contribution < 1.29 is 4.79 Å². The highest BCUT2D eigenvalue weighted by Crippen LogP contribution is 2.22. The molecule has 0 radical (unpaired) electrons. The quantitative estimate of drug-likeness (QED) is 0.773. The number of H-pyrrole nitrogens is 1. The number of aromatic amines is 1. The van der Waals surface area contributed by atoms with E-state index in [1.165, 1.54) is 22.0 Å². The van der Waals surface area contributed by atoms with Crippen LogP contribution in [0.4, 0.5) is 0 Å². The van der Waals surface area contributed by atoms with Gasteiger partial charge < -0.3 is 15.1 Å². The van der Waals surface area contributed by atoms with Crippen LogP contribution in [0.25, 0.3) is 10.9 Å². The van der Waals surface area contributed by atoms with Crippen LogP contribution < -0.4 is 5.32 Å². The topological polar surface area (TPSA) is 44.9 Å². The van der Waals surface area contributed by atoms with Crippen LogP contribution in [0.3, 0.4) is 0 Å². The Labute approximate surface area is 101 Å². The van der Waals surface area contributed by atoms with Crippen LogP contribution in [-0.2, 0) is 11.2 Å². The number of nitrogens with one attached hydrogen (secondary N) is 2. The van der Waals surface area contributed by atoms with Crippen LogP contribution in [0.15, 0.2) is 24.4 Å². The second-order valence-electron chi connectivity index (χ2n) is 4.38. The van der Waals surface area contributed by atoms with Crippen LogP contribution in [-0.4, -0.2) is 24.4 Å². The van der Waals surface area contributed by atoms with Crippen LogP contribution in [0.2, 0.25) is 0 Å². The summed E-state index contributed by atoms with van der Waals surface area (Å²) in [6.07, 6.45) is 4.77. The van der Waals surface area contributed by atoms with Gasteiger partial charge in [-0.15, -0.1) is 0 Å². The number of carbonyl (C=O) groups excluding carboxylic acids is 1. The first-order valence-electron chi connectivity index (χ1n) is 5.94. The number of aryl methyl sites for hydroxylation is 2. The van der Waals surface area contributed by atoms with Crippen molar-refractivity contribution in [2.45, 2.75) is 25.8 Å². The Morgan fingerprint density at radius 1 is 1.47 bits per heavy atom. The average Bonchev–Trinajstić information content (AvgIpc) is 2.75. The first-order valence-corrected chi connectivity index (χ1v) is 5.94. The molecule has 1 atom stereocenters. The molecule has 0 spiro atoms. The predicted molar refractivity (Wildman–Crippen MR) is 70.3 cm³/mol. The number of rotatable bonds is 5. The molecule has 17 heavy (non-hydrogen) atoms. The van der Waals surface area contributed by atoms with Gasteiger partial charge in [-0.1, -0.05) is 18.2 Å². The average molecular weight is 230 g/mol. The molecule has 0 saturated carbocycles. The normalized spacial score (nSPS) is 12.8. The van der Waals surface area contributed by atoms with Crippen LogP contribution in [0.5, 0.6) is 0 Å². The van der Waals surface area contributed by atoms with Gasteiger partial charge in [-0.25, -0.2) is 0 Å². The van der Waals surface area contributed by atoms with Crippen molar-refractivity contribution in [3.63, 3.8) is 0 Å². The largest absolute Gasteiger partial charge is 0.361 e. The lowest BCUT2D eigenvalue weighted by molar-refractivity contribution is -0.109. The Bertz CT molecular complexity index is 516. The number of fused-ring (bicyclic) bond motifs is 1. The maximum absolute atomic E-state index is 10.7. The Morgan fingerprint density at radius 2 is 2.29 bits per heavy atom. The van der Waals surface area contributed by atoms with Gasteiger partial charge in [0.05, 0.1) is 6.04 Å². The van der Waals surface area contributed by atoms with Crippen LogP contribution in [0.1, 0.15) is 17.5 Å². The molecule has 0 aliphatic heterocycles. The minimum Gasteiger partial charge on any atom is -0.361 e. The van der Waals surface area contributed by atoms with Crippen molar-refractivity contribution in [2.24, 2.45) is 0 Å². The van der Waals surface area contributed by atoms with Gasteiger partial charge in [0.15, 0.2) is 0 Å². The number of carbonyl (C=O) groups is 1. The minimum atomic E-state index is -0.0511. The van der Waals surface area contributed by atoms with E-state index in [1.807, 2.05) is 7.05 Å². The second kappa shape index (κ2) is 5.15. The van der Waals surface area contributed by atoms with Gasteiger partial charge in [0.25, 0.3) is 0 Å². The molecular formula is C14H18N2O. The number of benzene rings is 1. The van der Waals surface area contributed by atoms with E-state index in [1.54, 1.807) is 0 Å². The van der Waals surface area contributed by atoms with Crippen molar-refractivity contribution in [3.8, 4) is 0 Å². The summed E-state index contributed by atoms with van der Waals surface area (Å²) in [5.74, 6) is 0. The maximum Gasteiger partial charge on any atom is 0.136 e. The number of aromatic nitrogens is 1. The summed E-state index contributed by atoms with van der Waals surface area (Å²) in [5.41, 5.74) is 3.75. The summed E-state index contributed by atoms with van der Waals surface area (Å²) in [4.78, 5) is 14.1. The highest BCUT2D eigenvalue weighted by Gasteiger charge is 2.08. The summed E-state index contributed by atoms with van der Waals surface area (Å²) in [6, 6.07) is 6.25. The number of hydrogen-bond acceptors (Lipinski definition) is 2. The Balaban J connectivity index is 2.19. The fourth-order valence-electron chi connectivity index (χ4n) is 2.16. The predicted octanol–water partition coefficient (Wildman–Crippen LogP) is 2.20. The lowest BCUT2D eigenvalue weighted by Crippen LogP contribution is -2.26. The zero-order valence-corrected chi connectivity index (χ0v) is 10.3. The van der Waals surface area contributed by atoms with Crippen molar-refractivity contribution in [1.29, 1.82) is 0 Å².